The maximum Gasteiger partial charge on any atom is 0.228 e. The first-order chi connectivity index (χ1) is 17.1. The van der Waals surface area contributed by atoms with Crippen molar-refractivity contribution in [3.05, 3.63) is 18.3 Å². The Hall–Kier alpha value is -2.37. The predicted octanol–water partition coefficient (Wildman–Crippen LogP) is 2.77. The van der Waals surface area contributed by atoms with Crippen LogP contribution in [-0.4, -0.2) is 82.2 Å². The van der Waals surface area contributed by atoms with Gasteiger partial charge in [-0.25, -0.2) is 0 Å². The molecule has 2 saturated heterocycles. The molecule has 10 nitrogen and oxygen atoms in total. The SMILES string of the molecule is O=C(CC1CN(C2CC3(CCCC3)C2)CCO1)Nc1nnc(N[C@@H]2CCN(c3cccnn3)C2)s1. The molecule has 2 atom stereocenters. The van der Waals surface area contributed by atoms with Gasteiger partial charge < -0.3 is 20.3 Å². The van der Waals surface area contributed by atoms with Gasteiger partial charge in [0.2, 0.25) is 16.2 Å². The minimum absolute atomic E-state index is 0.0556. The van der Waals surface area contributed by atoms with Crippen molar-refractivity contribution < 1.29 is 9.53 Å². The van der Waals surface area contributed by atoms with Crippen LogP contribution in [0, 0.1) is 5.41 Å². The molecule has 4 heterocycles. The minimum Gasteiger partial charge on any atom is -0.375 e. The van der Waals surface area contributed by atoms with Crippen molar-refractivity contribution >= 4 is 33.3 Å². The summed E-state index contributed by atoms with van der Waals surface area (Å²) >= 11 is 1.37. The van der Waals surface area contributed by atoms with Crippen molar-refractivity contribution in [2.75, 3.05) is 48.3 Å². The third kappa shape index (κ3) is 5.26. The second kappa shape index (κ2) is 9.94. The monoisotopic (exact) mass is 498 g/mol. The largest absolute Gasteiger partial charge is 0.375 e. The molecule has 2 aromatic heterocycles. The second-order valence-corrected chi connectivity index (χ2v) is 11.6. The Kier molecular flexibility index (Phi) is 6.55. The van der Waals surface area contributed by atoms with Crippen molar-refractivity contribution in [1.82, 2.24) is 25.3 Å². The van der Waals surface area contributed by atoms with E-state index in [2.05, 4.69) is 40.8 Å². The van der Waals surface area contributed by atoms with Crippen LogP contribution in [0.4, 0.5) is 16.1 Å². The van der Waals surface area contributed by atoms with E-state index >= 15 is 0 Å². The van der Waals surface area contributed by atoms with Gasteiger partial charge in [-0.2, -0.15) is 5.10 Å². The molecule has 4 aliphatic rings. The summed E-state index contributed by atoms with van der Waals surface area (Å²) in [4.78, 5) is 17.5. The van der Waals surface area contributed by atoms with E-state index in [1.807, 2.05) is 12.1 Å². The number of morpholine rings is 1. The number of carbonyl (C=O) groups excluding carboxylic acids is 1. The van der Waals surface area contributed by atoms with Gasteiger partial charge in [0.1, 0.15) is 0 Å². The zero-order chi connectivity index (χ0) is 23.7. The number of anilines is 3. The fraction of sp³-hybridized carbons (Fsp3) is 0.708. The Bertz CT molecular complexity index is 1010. The maximum atomic E-state index is 12.7. The number of amides is 1. The third-order valence-corrected chi connectivity index (χ3v) is 8.94. The summed E-state index contributed by atoms with van der Waals surface area (Å²) in [6.07, 6.45) is 11.3. The first kappa shape index (κ1) is 23.1. The van der Waals surface area contributed by atoms with Gasteiger partial charge in [-0.05, 0) is 49.7 Å². The van der Waals surface area contributed by atoms with E-state index in [0.717, 1.165) is 43.5 Å². The summed E-state index contributed by atoms with van der Waals surface area (Å²) in [6.45, 7) is 4.29. The van der Waals surface area contributed by atoms with Crippen LogP contribution in [0.1, 0.15) is 51.4 Å². The van der Waals surface area contributed by atoms with Crippen molar-refractivity contribution in [3.8, 4) is 0 Å². The summed E-state index contributed by atoms with van der Waals surface area (Å²) in [6, 6.07) is 4.81. The summed E-state index contributed by atoms with van der Waals surface area (Å²) in [5.74, 6) is 0.830. The Morgan fingerprint density at radius 1 is 1.14 bits per heavy atom. The molecule has 11 heteroatoms. The lowest BCUT2D eigenvalue weighted by molar-refractivity contribution is -0.124. The topological polar surface area (TPSA) is 108 Å². The molecule has 4 fully saturated rings. The first-order valence-corrected chi connectivity index (χ1v) is 13.7. The first-order valence-electron chi connectivity index (χ1n) is 12.9. The molecule has 1 amide bonds. The van der Waals surface area contributed by atoms with E-state index in [0.29, 0.717) is 29.6 Å². The van der Waals surface area contributed by atoms with E-state index in [-0.39, 0.29) is 18.1 Å². The van der Waals surface area contributed by atoms with Gasteiger partial charge in [0.05, 0.1) is 19.1 Å². The van der Waals surface area contributed by atoms with Crippen LogP contribution in [0.25, 0.3) is 0 Å². The average Bonchev–Trinajstić information content (AvgIpc) is 3.61. The maximum absolute atomic E-state index is 12.7. The molecule has 1 unspecified atom stereocenters. The number of hydrogen-bond acceptors (Lipinski definition) is 10. The lowest BCUT2D eigenvalue weighted by atomic mass is 9.64. The van der Waals surface area contributed by atoms with Gasteiger partial charge in [0, 0.05) is 44.5 Å². The quantitative estimate of drug-likeness (QED) is 0.596. The summed E-state index contributed by atoms with van der Waals surface area (Å²) < 4.78 is 5.93. The summed E-state index contributed by atoms with van der Waals surface area (Å²) in [7, 11) is 0. The Labute approximate surface area is 209 Å². The Morgan fingerprint density at radius 3 is 2.83 bits per heavy atom. The zero-order valence-corrected chi connectivity index (χ0v) is 20.9. The molecule has 6 rings (SSSR count). The van der Waals surface area contributed by atoms with Crippen LogP contribution < -0.4 is 15.5 Å². The summed E-state index contributed by atoms with van der Waals surface area (Å²) in [5, 5.41) is 24.1. The van der Waals surface area contributed by atoms with Crippen LogP contribution >= 0.6 is 11.3 Å². The molecule has 188 valence electrons. The lowest BCUT2D eigenvalue weighted by Crippen LogP contribution is -2.55. The van der Waals surface area contributed by atoms with Gasteiger partial charge in [0.15, 0.2) is 5.82 Å². The van der Waals surface area contributed by atoms with Crippen molar-refractivity contribution in [1.29, 1.82) is 0 Å². The molecule has 0 radical (unpaired) electrons. The zero-order valence-electron chi connectivity index (χ0n) is 20.1. The highest BCUT2D eigenvalue weighted by Gasteiger charge is 2.48. The molecule has 0 bridgehead atoms. The molecule has 35 heavy (non-hydrogen) atoms. The van der Waals surface area contributed by atoms with Crippen LogP contribution in [0.3, 0.4) is 0 Å². The number of aromatic nitrogens is 4. The van der Waals surface area contributed by atoms with Gasteiger partial charge in [0.25, 0.3) is 0 Å². The van der Waals surface area contributed by atoms with Gasteiger partial charge in [-0.3, -0.25) is 9.69 Å². The Morgan fingerprint density at radius 2 is 2.00 bits per heavy atom. The predicted molar refractivity (Wildman–Crippen MR) is 135 cm³/mol. The molecule has 2 aromatic rings. The third-order valence-electron chi connectivity index (χ3n) is 8.17. The molecule has 1 spiro atoms. The molecular formula is C24H34N8O2S. The van der Waals surface area contributed by atoms with Gasteiger partial charge >= 0.3 is 0 Å². The second-order valence-electron chi connectivity index (χ2n) is 10.6. The number of nitrogens with one attached hydrogen (secondary N) is 2. The van der Waals surface area contributed by atoms with Gasteiger partial charge in [-0.15, -0.1) is 15.3 Å². The smallest absolute Gasteiger partial charge is 0.228 e. The molecule has 2 saturated carbocycles. The van der Waals surface area contributed by atoms with E-state index in [4.69, 9.17) is 4.74 Å². The number of hydrogen-bond donors (Lipinski definition) is 2. The van der Waals surface area contributed by atoms with Crippen LogP contribution in [0.15, 0.2) is 18.3 Å². The number of ether oxygens (including phenoxy) is 1. The fourth-order valence-electron chi connectivity index (χ4n) is 6.36. The normalized spacial score (nSPS) is 26.7. The number of carbonyl (C=O) groups is 1. The molecule has 2 aliphatic heterocycles. The number of nitrogens with zero attached hydrogens (tertiary/aromatic N) is 6. The van der Waals surface area contributed by atoms with Crippen molar-refractivity contribution in [3.63, 3.8) is 0 Å². The molecular weight excluding hydrogens is 464 g/mol. The fourth-order valence-corrected chi connectivity index (χ4v) is 7.10. The Balaban J connectivity index is 0.948. The summed E-state index contributed by atoms with van der Waals surface area (Å²) in [5.41, 5.74) is 0.645. The molecule has 0 aromatic carbocycles. The van der Waals surface area contributed by atoms with Crippen LogP contribution in [0.2, 0.25) is 0 Å². The van der Waals surface area contributed by atoms with Crippen molar-refractivity contribution in [2.45, 2.75) is 69.6 Å². The highest BCUT2D eigenvalue weighted by Crippen LogP contribution is 2.54. The van der Waals surface area contributed by atoms with Crippen molar-refractivity contribution in [2.24, 2.45) is 5.41 Å². The average molecular weight is 499 g/mol. The highest BCUT2D eigenvalue weighted by atomic mass is 32.1. The molecule has 2 N–H and O–H groups in total. The number of rotatable bonds is 7. The van der Waals surface area contributed by atoms with E-state index in [1.54, 1.807) is 6.20 Å². The standard InChI is InChI=1S/C24H34N8O2S/c33-21(12-19-16-31(10-11-34-19)18-13-24(14-18)6-1-2-7-24)27-23-30-29-22(35-23)26-17-5-9-32(15-17)20-4-3-8-25-28-20/h3-4,8,17-19H,1-2,5-7,9-16H2,(H,26,29)(H,27,30,33)/t17-,19?/m1/s1. The molecule has 2 aliphatic carbocycles. The van der Waals surface area contributed by atoms with Gasteiger partial charge in [-0.1, -0.05) is 24.2 Å². The van der Waals surface area contributed by atoms with E-state index in [1.165, 1.54) is 49.9 Å². The minimum atomic E-state index is -0.0601. The lowest BCUT2D eigenvalue weighted by Gasteiger charge is -2.52. The van der Waals surface area contributed by atoms with E-state index in [9.17, 15) is 4.79 Å². The van der Waals surface area contributed by atoms with E-state index < -0.39 is 0 Å². The van der Waals surface area contributed by atoms with Crippen LogP contribution in [0.5, 0.6) is 0 Å². The van der Waals surface area contributed by atoms with Crippen LogP contribution in [-0.2, 0) is 9.53 Å². The highest BCUT2D eigenvalue weighted by molar-refractivity contribution is 7.19.